The maximum atomic E-state index is 12.2. The molecule has 0 spiro atoms. The van der Waals surface area contributed by atoms with Crippen LogP contribution in [0.1, 0.15) is 12.5 Å². The number of carbonyl (C=O) groups is 1. The van der Waals surface area contributed by atoms with Gasteiger partial charge in [-0.05, 0) is 48.9 Å². The molecule has 0 amide bonds. The molecule has 1 unspecified atom stereocenters. The summed E-state index contributed by atoms with van der Waals surface area (Å²) in [5.41, 5.74) is 0.196. The van der Waals surface area contributed by atoms with Gasteiger partial charge in [-0.2, -0.15) is 0 Å². The topological polar surface area (TPSA) is 58.6 Å². The Kier molecular flexibility index (Phi) is 4.38. The monoisotopic (exact) mass is 305 g/mol. The number of halogens is 1. The maximum Gasteiger partial charge on any atom is 0.335 e. The standard InChI is InChI=1S/C16H16ClNO3/c1-16(15(20)21-2,11-4-3-5-14(19)10-11)18-13-8-6-12(17)7-9-13/h3-10,18-19H,1-2H3. The van der Waals surface area contributed by atoms with Gasteiger partial charge in [0.1, 0.15) is 5.75 Å². The molecule has 0 aliphatic rings. The Bertz CT molecular complexity index is 642. The third-order valence-electron chi connectivity index (χ3n) is 3.26. The van der Waals surface area contributed by atoms with Crippen LogP contribution in [0.15, 0.2) is 48.5 Å². The molecular formula is C16H16ClNO3. The maximum absolute atomic E-state index is 12.2. The average Bonchev–Trinajstić information content (AvgIpc) is 2.48. The number of anilines is 1. The van der Waals surface area contributed by atoms with E-state index in [4.69, 9.17) is 16.3 Å². The lowest BCUT2D eigenvalue weighted by molar-refractivity contribution is -0.145. The van der Waals surface area contributed by atoms with Crippen LogP contribution in [-0.2, 0) is 15.1 Å². The number of esters is 1. The predicted molar refractivity (Wildman–Crippen MR) is 82.5 cm³/mol. The zero-order valence-electron chi connectivity index (χ0n) is 11.8. The summed E-state index contributed by atoms with van der Waals surface area (Å²) in [7, 11) is 1.33. The van der Waals surface area contributed by atoms with Crippen LogP contribution in [0, 0.1) is 0 Å². The van der Waals surface area contributed by atoms with Crippen molar-refractivity contribution in [3.8, 4) is 5.75 Å². The quantitative estimate of drug-likeness (QED) is 0.848. The van der Waals surface area contributed by atoms with Gasteiger partial charge in [-0.15, -0.1) is 0 Å². The Morgan fingerprint density at radius 1 is 1.24 bits per heavy atom. The number of carbonyl (C=O) groups excluding carboxylic acids is 1. The Morgan fingerprint density at radius 2 is 1.90 bits per heavy atom. The minimum absolute atomic E-state index is 0.0838. The fourth-order valence-corrected chi connectivity index (χ4v) is 2.21. The molecule has 0 saturated heterocycles. The molecule has 1 atom stereocenters. The molecule has 0 aliphatic heterocycles. The molecule has 0 aromatic heterocycles. The summed E-state index contributed by atoms with van der Waals surface area (Å²) in [6.07, 6.45) is 0. The van der Waals surface area contributed by atoms with Crippen LogP contribution in [0.2, 0.25) is 5.02 Å². The van der Waals surface area contributed by atoms with Gasteiger partial charge in [-0.1, -0.05) is 23.7 Å². The molecule has 4 nitrogen and oxygen atoms in total. The second kappa shape index (κ2) is 6.06. The smallest absolute Gasteiger partial charge is 0.335 e. The van der Waals surface area contributed by atoms with Gasteiger partial charge in [0, 0.05) is 10.7 Å². The van der Waals surface area contributed by atoms with Crippen molar-refractivity contribution in [2.24, 2.45) is 0 Å². The summed E-state index contributed by atoms with van der Waals surface area (Å²) in [4.78, 5) is 12.2. The van der Waals surface area contributed by atoms with Crippen LogP contribution >= 0.6 is 11.6 Å². The van der Waals surface area contributed by atoms with Crippen LogP contribution in [0.3, 0.4) is 0 Å². The highest BCUT2D eigenvalue weighted by Gasteiger charge is 2.36. The molecule has 0 saturated carbocycles. The average molecular weight is 306 g/mol. The third-order valence-corrected chi connectivity index (χ3v) is 3.51. The summed E-state index contributed by atoms with van der Waals surface area (Å²) in [6.45, 7) is 1.70. The number of rotatable bonds is 4. The zero-order valence-corrected chi connectivity index (χ0v) is 12.5. The molecule has 2 aromatic rings. The van der Waals surface area contributed by atoms with Crippen molar-refractivity contribution in [2.45, 2.75) is 12.5 Å². The van der Waals surface area contributed by atoms with Crippen molar-refractivity contribution >= 4 is 23.3 Å². The van der Waals surface area contributed by atoms with E-state index in [1.54, 1.807) is 49.4 Å². The fraction of sp³-hybridized carbons (Fsp3) is 0.188. The number of phenols is 1. The van der Waals surface area contributed by atoms with Crippen molar-refractivity contribution < 1.29 is 14.6 Å². The molecule has 2 aromatic carbocycles. The van der Waals surface area contributed by atoms with E-state index in [1.807, 2.05) is 0 Å². The first-order valence-electron chi connectivity index (χ1n) is 6.37. The Labute approximate surface area is 128 Å². The summed E-state index contributed by atoms with van der Waals surface area (Å²) < 4.78 is 4.90. The summed E-state index contributed by atoms with van der Waals surface area (Å²) in [5, 5.41) is 13.4. The number of hydrogen-bond acceptors (Lipinski definition) is 4. The molecule has 5 heteroatoms. The molecule has 21 heavy (non-hydrogen) atoms. The van der Waals surface area contributed by atoms with Gasteiger partial charge in [-0.25, -0.2) is 4.79 Å². The third kappa shape index (κ3) is 3.28. The van der Waals surface area contributed by atoms with Crippen LogP contribution in [-0.4, -0.2) is 18.2 Å². The molecular weight excluding hydrogens is 290 g/mol. The van der Waals surface area contributed by atoms with E-state index in [2.05, 4.69) is 5.32 Å². The van der Waals surface area contributed by atoms with Crippen molar-refractivity contribution in [1.29, 1.82) is 0 Å². The van der Waals surface area contributed by atoms with E-state index in [1.165, 1.54) is 13.2 Å². The molecule has 0 fully saturated rings. The van der Waals surface area contributed by atoms with E-state index < -0.39 is 11.5 Å². The van der Waals surface area contributed by atoms with Gasteiger partial charge >= 0.3 is 5.97 Å². The summed E-state index contributed by atoms with van der Waals surface area (Å²) in [6, 6.07) is 13.5. The minimum atomic E-state index is -1.12. The number of methoxy groups -OCH3 is 1. The van der Waals surface area contributed by atoms with E-state index >= 15 is 0 Å². The first kappa shape index (κ1) is 15.2. The zero-order chi connectivity index (χ0) is 15.5. The highest BCUT2D eigenvalue weighted by molar-refractivity contribution is 6.30. The molecule has 2 N–H and O–H groups in total. The first-order valence-corrected chi connectivity index (χ1v) is 6.75. The van der Waals surface area contributed by atoms with E-state index in [9.17, 15) is 9.90 Å². The normalized spacial score (nSPS) is 13.3. The molecule has 0 radical (unpaired) electrons. The number of aromatic hydroxyl groups is 1. The second-order valence-electron chi connectivity index (χ2n) is 4.80. The van der Waals surface area contributed by atoms with Gasteiger partial charge < -0.3 is 15.2 Å². The second-order valence-corrected chi connectivity index (χ2v) is 5.24. The SMILES string of the molecule is COC(=O)C(C)(Nc1ccc(Cl)cc1)c1cccc(O)c1. The summed E-state index contributed by atoms with van der Waals surface area (Å²) >= 11 is 5.86. The van der Waals surface area contributed by atoms with Gasteiger partial charge in [0.05, 0.1) is 7.11 Å². The van der Waals surface area contributed by atoms with Crippen LogP contribution in [0.25, 0.3) is 0 Å². The number of ether oxygens (including phenoxy) is 1. The number of nitrogens with one attached hydrogen (secondary N) is 1. The minimum Gasteiger partial charge on any atom is -0.508 e. The molecule has 2 rings (SSSR count). The predicted octanol–water partition coefficient (Wildman–Crippen LogP) is 3.55. The van der Waals surface area contributed by atoms with Gasteiger partial charge in [0.25, 0.3) is 0 Å². The van der Waals surface area contributed by atoms with Crippen LogP contribution < -0.4 is 5.32 Å². The Balaban J connectivity index is 2.42. The van der Waals surface area contributed by atoms with Gasteiger partial charge in [0.15, 0.2) is 5.54 Å². The highest BCUT2D eigenvalue weighted by atomic mass is 35.5. The van der Waals surface area contributed by atoms with Crippen molar-refractivity contribution in [1.82, 2.24) is 0 Å². The Hall–Kier alpha value is -2.20. The molecule has 110 valence electrons. The van der Waals surface area contributed by atoms with Crippen molar-refractivity contribution in [3.63, 3.8) is 0 Å². The molecule has 0 aliphatic carbocycles. The number of phenolic OH excluding ortho intramolecular Hbond substituents is 1. The Morgan fingerprint density at radius 3 is 2.48 bits per heavy atom. The van der Waals surface area contributed by atoms with Gasteiger partial charge in [-0.3, -0.25) is 0 Å². The first-order chi connectivity index (χ1) is 9.95. The van der Waals surface area contributed by atoms with Crippen LogP contribution in [0.5, 0.6) is 5.75 Å². The fourth-order valence-electron chi connectivity index (χ4n) is 2.08. The van der Waals surface area contributed by atoms with Gasteiger partial charge in [0.2, 0.25) is 0 Å². The molecule has 0 heterocycles. The lowest BCUT2D eigenvalue weighted by Gasteiger charge is -2.29. The largest absolute Gasteiger partial charge is 0.508 e. The van der Waals surface area contributed by atoms with Crippen LogP contribution in [0.4, 0.5) is 5.69 Å². The van der Waals surface area contributed by atoms with Crippen molar-refractivity contribution in [2.75, 3.05) is 12.4 Å². The van der Waals surface area contributed by atoms with E-state index in [0.29, 0.717) is 10.6 Å². The van der Waals surface area contributed by atoms with Crippen molar-refractivity contribution in [3.05, 3.63) is 59.1 Å². The van der Waals surface area contributed by atoms with E-state index in [-0.39, 0.29) is 5.75 Å². The number of hydrogen-bond donors (Lipinski definition) is 2. The number of benzene rings is 2. The lowest BCUT2D eigenvalue weighted by atomic mass is 9.91. The highest BCUT2D eigenvalue weighted by Crippen LogP contribution is 2.30. The molecule has 0 bridgehead atoms. The lowest BCUT2D eigenvalue weighted by Crippen LogP contribution is -2.41. The van der Waals surface area contributed by atoms with E-state index in [0.717, 1.165) is 5.69 Å². The summed E-state index contributed by atoms with van der Waals surface area (Å²) in [5.74, 6) is -0.372.